The Morgan fingerprint density at radius 2 is 1.83 bits per heavy atom. The lowest BCUT2D eigenvalue weighted by molar-refractivity contribution is -0.166. The van der Waals surface area contributed by atoms with Gasteiger partial charge in [-0.25, -0.2) is 9.78 Å². The van der Waals surface area contributed by atoms with Crippen LogP contribution in [0.1, 0.15) is 27.0 Å². The van der Waals surface area contributed by atoms with E-state index in [1.807, 2.05) is 0 Å². The van der Waals surface area contributed by atoms with Gasteiger partial charge in [0, 0.05) is 20.8 Å². The molecule has 0 aliphatic carbocycles. The number of nitrogens with two attached hydrogens (primary N) is 1. The Morgan fingerprint density at radius 1 is 1.17 bits per heavy atom. The van der Waals surface area contributed by atoms with Gasteiger partial charge in [-0.1, -0.05) is 0 Å². The molecule has 1 saturated heterocycles. The minimum Gasteiger partial charge on any atom is -0.463 e. The predicted octanol–water partition coefficient (Wildman–Crippen LogP) is -0.974. The first-order valence-electron chi connectivity index (χ1n) is 8.53. The van der Waals surface area contributed by atoms with Crippen molar-refractivity contribution in [3.8, 4) is 0 Å². The van der Waals surface area contributed by atoms with Crippen LogP contribution in [0.2, 0.25) is 0 Å². The van der Waals surface area contributed by atoms with E-state index in [2.05, 4.69) is 15.0 Å². The van der Waals surface area contributed by atoms with E-state index < -0.39 is 48.1 Å². The molecule has 3 rings (SSSR count). The lowest BCUT2D eigenvalue weighted by Crippen LogP contribution is -2.40. The molecule has 3 heterocycles. The minimum atomic E-state index is -1.13. The fourth-order valence-electron chi connectivity index (χ4n) is 3.06. The summed E-state index contributed by atoms with van der Waals surface area (Å²) in [6.07, 6.45) is -2.95. The Kier molecular flexibility index (Phi) is 5.50. The molecule has 1 aliphatic heterocycles. The average Bonchev–Trinajstić information content (AvgIpc) is 3.15. The second kappa shape index (κ2) is 7.87. The zero-order valence-corrected chi connectivity index (χ0v) is 15.8. The Labute approximate surface area is 163 Å². The fourth-order valence-corrected chi connectivity index (χ4v) is 3.06. The number of H-pyrrole nitrogens is 1. The number of carbonyl (C=O) groups is 3. The lowest BCUT2D eigenvalue weighted by Gasteiger charge is -2.23. The topological polar surface area (TPSA) is 178 Å². The predicted molar refractivity (Wildman–Crippen MR) is 94.2 cm³/mol. The molecule has 0 unspecified atom stereocenters. The Balaban J connectivity index is 2.05. The molecule has 0 amide bonds. The van der Waals surface area contributed by atoms with Gasteiger partial charge in [0.25, 0.3) is 0 Å². The maximum absolute atomic E-state index is 11.7. The second-order valence-electron chi connectivity index (χ2n) is 6.30. The molecule has 1 fully saturated rings. The standard InChI is InChI=1S/C16H19N5O8/c1-6(22)26-4-9-11(27-7(2)23)12(28-8(3)24)15(29-9)21-5-18-10-13(17)19-16(25)20-14(10)21/h5,9,11-12,15H,4H2,1-3H3,(H3,17,19,20,25)/t9-,11-,12-,15-/m1/s1. The van der Waals surface area contributed by atoms with Crippen LogP contribution in [-0.2, 0) is 33.3 Å². The molecule has 0 radical (unpaired) electrons. The van der Waals surface area contributed by atoms with Gasteiger partial charge in [0.1, 0.15) is 24.0 Å². The van der Waals surface area contributed by atoms with Crippen molar-refractivity contribution in [3.63, 3.8) is 0 Å². The van der Waals surface area contributed by atoms with Gasteiger partial charge in [-0.05, 0) is 0 Å². The number of anilines is 1. The molecule has 0 aromatic carbocycles. The van der Waals surface area contributed by atoms with Gasteiger partial charge in [0.05, 0.1) is 6.33 Å². The molecule has 3 N–H and O–H groups in total. The zero-order chi connectivity index (χ0) is 21.3. The average molecular weight is 409 g/mol. The molecule has 4 atom stereocenters. The largest absolute Gasteiger partial charge is 0.463 e. The number of rotatable bonds is 5. The van der Waals surface area contributed by atoms with E-state index in [1.54, 1.807) is 0 Å². The van der Waals surface area contributed by atoms with E-state index in [-0.39, 0.29) is 23.6 Å². The van der Waals surface area contributed by atoms with Crippen LogP contribution in [0.5, 0.6) is 0 Å². The van der Waals surface area contributed by atoms with Crippen LogP contribution in [0, 0.1) is 0 Å². The van der Waals surface area contributed by atoms with Gasteiger partial charge >= 0.3 is 23.6 Å². The van der Waals surface area contributed by atoms with E-state index in [0.717, 1.165) is 0 Å². The van der Waals surface area contributed by atoms with Crippen LogP contribution in [0.3, 0.4) is 0 Å². The van der Waals surface area contributed by atoms with Gasteiger partial charge in [-0.2, -0.15) is 4.98 Å². The molecule has 13 nitrogen and oxygen atoms in total. The van der Waals surface area contributed by atoms with Crippen molar-refractivity contribution in [1.82, 2.24) is 19.5 Å². The molecular formula is C16H19N5O8. The third kappa shape index (κ3) is 4.18. The van der Waals surface area contributed by atoms with Crippen molar-refractivity contribution >= 4 is 34.9 Å². The molecule has 1 aliphatic rings. The molecule has 2 aromatic rings. The monoisotopic (exact) mass is 409 g/mol. The highest BCUT2D eigenvalue weighted by Gasteiger charge is 2.51. The smallest absolute Gasteiger partial charge is 0.348 e. The number of aromatic nitrogens is 4. The second-order valence-corrected chi connectivity index (χ2v) is 6.30. The summed E-state index contributed by atoms with van der Waals surface area (Å²) in [5, 5.41) is 0. The van der Waals surface area contributed by atoms with E-state index >= 15 is 0 Å². The van der Waals surface area contributed by atoms with Crippen molar-refractivity contribution in [2.75, 3.05) is 12.3 Å². The highest BCUT2D eigenvalue weighted by atomic mass is 16.7. The van der Waals surface area contributed by atoms with Crippen LogP contribution < -0.4 is 11.4 Å². The van der Waals surface area contributed by atoms with Crippen LogP contribution in [0.25, 0.3) is 11.2 Å². The van der Waals surface area contributed by atoms with Gasteiger partial charge in [-0.15, -0.1) is 0 Å². The molecular weight excluding hydrogens is 390 g/mol. The van der Waals surface area contributed by atoms with Crippen molar-refractivity contribution in [2.24, 2.45) is 0 Å². The van der Waals surface area contributed by atoms with E-state index in [0.29, 0.717) is 0 Å². The Hall–Kier alpha value is -3.48. The van der Waals surface area contributed by atoms with Gasteiger partial charge in [0.2, 0.25) is 0 Å². The number of hydrogen-bond donors (Lipinski definition) is 2. The van der Waals surface area contributed by atoms with Gasteiger partial charge < -0.3 is 24.7 Å². The minimum absolute atomic E-state index is 0.00576. The van der Waals surface area contributed by atoms with Crippen molar-refractivity contribution < 1.29 is 33.3 Å². The lowest BCUT2D eigenvalue weighted by atomic mass is 10.1. The summed E-state index contributed by atoms with van der Waals surface area (Å²) < 4.78 is 22.8. The number of esters is 3. The molecule has 0 spiro atoms. The van der Waals surface area contributed by atoms with E-state index in [1.165, 1.54) is 31.7 Å². The molecule has 0 saturated carbocycles. The Morgan fingerprint density at radius 3 is 2.45 bits per heavy atom. The normalized spacial score (nSPS) is 23.7. The van der Waals surface area contributed by atoms with E-state index in [4.69, 9.17) is 24.7 Å². The van der Waals surface area contributed by atoms with Crippen LogP contribution in [0.4, 0.5) is 5.82 Å². The first-order chi connectivity index (χ1) is 13.7. The van der Waals surface area contributed by atoms with Crippen LogP contribution >= 0.6 is 0 Å². The number of fused-ring (bicyclic) bond motifs is 1. The fraction of sp³-hybridized carbons (Fsp3) is 0.500. The number of ether oxygens (including phenoxy) is 4. The molecule has 13 heteroatoms. The SMILES string of the molecule is CC(=O)OC[C@H]1O[C@@H](n2cnc3c(N)[nH]c(=O)nc32)[C@H](OC(C)=O)[C@@H]1OC(C)=O. The molecule has 156 valence electrons. The summed E-state index contributed by atoms with van der Waals surface area (Å²) in [6, 6.07) is 0. The van der Waals surface area contributed by atoms with Crippen molar-refractivity contribution in [1.29, 1.82) is 0 Å². The third-order valence-electron chi connectivity index (χ3n) is 4.09. The summed E-state index contributed by atoms with van der Waals surface area (Å²) in [5.74, 6) is -1.90. The summed E-state index contributed by atoms with van der Waals surface area (Å²) >= 11 is 0. The Bertz CT molecular complexity index is 1010. The van der Waals surface area contributed by atoms with Gasteiger partial charge in [-0.3, -0.25) is 23.9 Å². The van der Waals surface area contributed by atoms with Gasteiger partial charge in [0.15, 0.2) is 24.1 Å². The number of nitrogens with zero attached hydrogens (tertiary/aromatic N) is 3. The summed E-state index contributed by atoms with van der Waals surface area (Å²) in [4.78, 5) is 56.5. The summed E-state index contributed by atoms with van der Waals surface area (Å²) in [6.45, 7) is 3.30. The summed E-state index contributed by atoms with van der Waals surface area (Å²) in [5.41, 5.74) is 5.31. The van der Waals surface area contributed by atoms with E-state index in [9.17, 15) is 19.2 Å². The van der Waals surface area contributed by atoms with Crippen molar-refractivity contribution in [2.45, 2.75) is 45.3 Å². The maximum Gasteiger partial charge on any atom is 0.348 e. The molecule has 2 aromatic heterocycles. The maximum atomic E-state index is 11.7. The van der Waals surface area contributed by atoms with Crippen molar-refractivity contribution in [3.05, 3.63) is 16.8 Å². The number of hydrogen-bond acceptors (Lipinski definition) is 11. The first-order valence-corrected chi connectivity index (χ1v) is 8.53. The third-order valence-corrected chi connectivity index (χ3v) is 4.09. The number of nitrogens with one attached hydrogen (secondary N) is 1. The van der Waals surface area contributed by atoms with Crippen LogP contribution in [0.15, 0.2) is 11.1 Å². The highest BCUT2D eigenvalue weighted by Crippen LogP contribution is 2.36. The first kappa shape index (κ1) is 20.3. The highest BCUT2D eigenvalue weighted by molar-refractivity contribution is 5.81. The molecule has 29 heavy (non-hydrogen) atoms. The number of imidazole rings is 1. The molecule has 0 bridgehead atoms. The number of nitrogen functional groups attached to an aromatic ring is 1. The zero-order valence-electron chi connectivity index (χ0n) is 15.8. The number of carbonyl (C=O) groups excluding carboxylic acids is 3. The van der Waals surface area contributed by atoms with Crippen LogP contribution in [-0.4, -0.2) is 62.3 Å². The summed E-state index contributed by atoms with van der Waals surface area (Å²) in [7, 11) is 0. The number of aromatic amines is 1. The quantitative estimate of drug-likeness (QED) is 0.458.